The molecule has 0 N–H and O–H groups in total. The van der Waals surface area contributed by atoms with Gasteiger partial charge in [0.05, 0.1) is 29.7 Å². The summed E-state index contributed by atoms with van der Waals surface area (Å²) in [6.07, 6.45) is 1.56. The number of methoxy groups -OCH3 is 1. The van der Waals surface area contributed by atoms with E-state index in [1.165, 1.54) is 7.11 Å². The van der Waals surface area contributed by atoms with Gasteiger partial charge in [0.1, 0.15) is 18.0 Å². The van der Waals surface area contributed by atoms with E-state index in [1.54, 1.807) is 18.2 Å². The van der Waals surface area contributed by atoms with Crippen LogP contribution in [0.4, 0.5) is 4.79 Å². The third-order valence-electron chi connectivity index (χ3n) is 3.34. The lowest BCUT2D eigenvalue weighted by Crippen LogP contribution is -2.34. The molecular formula is C17H18BrNO6S. The average Bonchev–Trinajstić information content (AvgIpc) is 2.86. The zero-order valence-corrected chi connectivity index (χ0v) is 16.9. The molecule has 1 aromatic carbocycles. The molecule has 1 saturated heterocycles. The molecule has 0 atom stereocenters. The van der Waals surface area contributed by atoms with Crippen molar-refractivity contribution < 1.29 is 28.6 Å². The molecule has 7 nitrogen and oxygen atoms in total. The van der Waals surface area contributed by atoms with Crippen molar-refractivity contribution in [3.63, 3.8) is 0 Å². The van der Waals surface area contributed by atoms with Crippen molar-refractivity contribution in [1.82, 2.24) is 4.90 Å². The van der Waals surface area contributed by atoms with Crippen LogP contribution in [0.15, 0.2) is 21.5 Å². The van der Waals surface area contributed by atoms with Gasteiger partial charge in [-0.1, -0.05) is 0 Å². The summed E-state index contributed by atoms with van der Waals surface area (Å²) in [5, 5.41) is -0.519. The molecule has 1 aromatic rings. The summed E-state index contributed by atoms with van der Waals surface area (Å²) >= 11 is 4.19. The molecule has 140 valence electrons. The van der Waals surface area contributed by atoms with Gasteiger partial charge in [0.2, 0.25) is 0 Å². The number of esters is 1. The maximum absolute atomic E-state index is 12.4. The highest BCUT2D eigenvalue weighted by Gasteiger charge is 2.36. The molecule has 1 heterocycles. The van der Waals surface area contributed by atoms with Gasteiger partial charge in [0, 0.05) is 11.6 Å². The molecule has 0 saturated carbocycles. The number of nitrogens with zero attached hydrogens (tertiary/aromatic N) is 1. The van der Waals surface area contributed by atoms with Gasteiger partial charge in [-0.05, 0) is 53.7 Å². The molecule has 0 radical (unpaired) electrons. The Hall–Kier alpha value is -2.00. The van der Waals surface area contributed by atoms with E-state index in [1.807, 2.05) is 13.8 Å². The Kier molecular flexibility index (Phi) is 7.10. The maximum atomic E-state index is 12.4. The predicted molar refractivity (Wildman–Crippen MR) is 101 cm³/mol. The normalized spacial score (nSPS) is 15.5. The molecule has 1 aliphatic heterocycles. The van der Waals surface area contributed by atoms with Crippen molar-refractivity contribution >= 4 is 50.9 Å². The molecule has 0 bridgehead atoms. The summed E-state index contributed by atoms with van der Waals surface area (Å²) in [6.45, 7) is 4.23. The molecular weight excluding hydrogens is 426 g/mol. The zero-order chi connectivity index (χ0) is 19.3. The summed E-state index contributed by atoms with van der Waals surface area (Å²) in [4.78, 5) is 36.9. The van der Waals surface area contributed by atoms with E-state index in [-0.39, 0.29) is 4.91 Å². The average molecular weight is 444 g/mol. The molecule has 2 rings (SSSR count). The van der Waals surface area contributed by atoms with Crippen LogP contribution in [-0.4, -0.2) is 48.9 Å². The monoisotopic (exact) mass is 443 g/mol. The van der Waals surface area contributed by atoms with Gasteiger partial charge in [0.25, 0.3) is 11.1 Å². The molecule has 2 amide bonds. The van der Waals surface area contributed by atoms with Crippen LogP contribution in [0.25, 0.3) is 6.08 Å². The second kappa shape index (κ2) is 9.09. The Morgan fingerprint density at radius 1 is 1.19 bits per heavy atom. The molecule has 26 heavy (non-hydrogen) atoms. The minimum atomic E-state index is -0.660. The van der Waals surface area contributed by atoms with Crippen molar-refractivity contribution in [3.8, 4) is 11.5 Å². The Morgan fingerprint density at radius 2 is 1.85 bits per heavy atom. The molecule has 0 aliphatic carbocycles. The molecule has 0 spiro atoms. The molecule has 1 aliphatic rings. The maximum Gasteiger partial charge on any atom is 0.325 e. The van der Waals surface area contributed by atoms with Gasteiger partial charge in [-0.25, -0.2) is 0 Å². The third kappa shape index (κ3) is 4.59. The van der Waals surface area contributed by atoms with E-state index in [0.29, 0.717) is 34.7 Å². The summed E-state index contributed by atoms with van der Waals surface area (Å²) in [7, 11) is 1.20. The highest BCUT2D eigenvalue weighted by molar-refractivity contribution is 9.10. The first-order valence-electron chi connectivity index (χ1n) is 7.82. The standard InChI is InChI=1S/C17H18BrNO6S/c1-4-24-12-8-13(25-5-2)11(18)6-10(12)7-14-16(21)19(17(22)26-14)9-15(20)23-3/h6-8H,4-5,9H2,1-3H3. The number of imide groups is 1. The van der Waals surface area contributed by atoms with E-state index in [9.17, 15) is 14.4 Å². The number of ether oxygens (including phenoxy) is 3. The van der Waals surface area contributed by atoms with Crippen molar-refractivity contribution in [3.05, 3.63) is 27.1 Å². The highest BCUT2D eigenvalue weighted by atomic mass is 79.9. The van der Waals surface area contributed by atoms with Crippen molar-refractivity contribution in [1.29, 1.82) is 0 Å². The largest absolute Gasteiger partial charge is 0.493 e. The molecule has 1 fully saturated rings. The smallest absolute Gasteiger partial charge is 0.325 e. The van der Waals surface area contributed by atoms with Gasteiger partial charge < -0.3 is 14.2 Å². The second-order valence-electron chi connectivity index (χ2n) is 5.03. The SMILES string of the molecule is CCOc1cc(OCC)c(C=C2SC(=O)N(CC(=O)OC)C2=O)cc1Br. The third-order valence-corrected chi connectivity index (χ3v) is 4.87. The van der Waals surface area contributed by atoms with Crippen LogP contribution < -0.4 is 9.47 Å². The number of thioether (sulfide) groups is 1. The van der Waals surface area contributed by atoms with Crippen LogP contribution in [0, 0.1) is 0 Å². The van der Waals surface area contributed by atoms with Crippen LogP contribution in [-0.2, 0) is 14.3 Å². The van der Waals surface area contributed by atoms with Crippen molar-refractivity contribution in [2.45, 2.75) is 13.8 Å². The van der Waals surface area contributed by atoms with Gasteiger partial charge in [0.15, 0.2) is 0 Å². The fourth-order valence-electron chi connectivity index (χ4n) is 2.18. The van der Waals surface area contributed by atoms with Gasteiger partial charge >= 0.3 is 5.97 Å². The van der Waals surface area contributed by atoms with Crippen molar-refractivity contribution in [2.24, 2.45) is 0 Å². The quantitative estimate of drug-likeness (QED) is 0.471. The lowest BCUT2D eigenvalue weighted by atomic mass is 10.1. The van der Waals surface area contributed by atoms with Crippen LogP contribution >= 0.6 is 27.7 Å². The predicted octanol–water partition coefficient (Wildman–Crippen LogP) is 3.46. The first-order chi connectivity index (χ1) is 12.4. The number of hydrogen-bond donors (Lipinski definition) is 0. The van der Waals surface area contributed by atoms with E-state index in [4.69, 9.17) is 9.47 Å². The van der Waals surface area contributed by atoms with Gasteiger partial charge in [-0.2, -0.15) is 0 Å². The topological polar surface area (TPSA) is 82.1 Å². The fraction of sp³-hybridized carbons (Fsp3) is 0.353. The lowest BCUT2D eigenvalue weighted by molar-refractivity contribution is -0.143. The second-order valence-corrected chi connectivity index (χ2v) is 6.88. The minimum absolute atomic E-state index is 0.205. The number of rotatable bonds is 7. The summed E-state index contributed by atoms with van der Waals surface area (Å²) in [5.74, 6) is -0.0592. The van der Waals surface area contributed by atoms with E-state index < -0.39 is 23.7 Å². The first kappa shape index (κ1) is 20.3. The van der Waals surface area contributed by atoms with E-state index >= 15 is 0 Å². The van der Waals surface area contributed by atoms with Crippen LogP contribution in [0.5, 0.6) is 11.5 Å². The zero-order valence-electron chi connectivity index (χ0n) is 14.5. The van der Waals surface area contributed by atoms with Crippen LogP contribution in [0.1, 0.15) is 19.4 Å². The lowest BCUT2D eigenvalue weighted by Gasteiger charge is -2.13. The first-order valence-corrected chi connectivity index (χ1v) is 9.43. The minimum Gasteiger partial charge on any atom is -0.493 e. The number of carbonyl (C=O) groups excluding carboxylic acids is 3. The summed E-state index contributed by atoms with van der Waals surface area (Å²) in [5.41, 5.74) is 0.616. The number of amides is 2. The highest BCUT2D eigenvalue weighted by Crippen LogP contribution is 2.38. The Labute approximate surface area is 163 Å². The number of hydrogen-bond acceptors (Lipinski definition) is 7. The fourth-order valence-corrected chi connectivity index (χ4v) is 3.49. The van der Waals surface area contributed by atoms with Gasteiger partial charge in [-0.15, -0.1) is 0 Å². The Morgan fingerprint density at radius 3 is 2.46 bits per heavy atom. The molecule has 0 aromatic heterocycles. The van der Waals surface area contributed by atoms with E-state index in [2.05, 4.69) is 20.7 Å². The van der Waals surface area contributed by atoms with Crippen LogP contribution in [0.3, 0.4) is 0 Å². The molecule has 9 heteroatoms. The van der Waals surface area contributed by atoms with E-state index in [0.717, 1.165) is 16.7 Å². The number of carbonyl (C=O) groups is 3. The Balaban J connectivity index is 2.36. The molecule has 0 unspecified atom stereocenters. The van der Waals surface area contributed by atoms with Gasteiger partial charge in [-0.3, -0.25) is 19.3 Å². The Bertz CT molecular complexity index is 764. The van der Waals surface area contributed by atoms with Crippen LogP contribution in [0.2, 0.25) is 0 Å². The summed E-state index contributed by atoms with van der Waals surface area (Å²) in [6, 6.07) is 3.48. The summed E-state index contributed by atoms with van der Waals surface area (Å²) < 4.78 is 16.4. The number of benzene rings is 1. The van der Waals surface area contributed by atoms with Crippen molar-refractivity contribution in [2.75, 3.05) is 26.9 Å². The number of halogens is 1.